The normalized spacial score (nSPS) is 44.7. The van der Waals surface area contributed by atoms with Crippen molar-refractivity contribution < 1.29 is 29.2 Å². The standard InChI is InChI=1S/C22H27NO6/c1-27-20(25)28-15-6-7-22(26)16-10-13-4-5-14(24)18-17(13)21(22,19(15)29-18)8-9-23(16)11-12-2-3-12/h4-6,12-13,16-17,19,24,26H,2-3,7-11H2,1H3/t13?,16-,17?,19+,21+,22-/m1/s1. The Kier molecular flexibility index (Phi) is 3.56. The minimum atomic E-state index is -0.984. The third kappa shape index (κ3) is 2.18. The summed E-state index contributed by atoms with van der Waals surface area (Å²) in [7, 11) is 1.27. The van der Waals surface area contributed by atoms with Crippen molar-refractivity contribution in [2.75, 3.05) is 20.2 Å². The Morgan fingerprint density at radius 3 is 3.00 bits per heavy atom. The van der Waals surface area contributed by atoms with Crippen LogP contribution in [0.2, 0.25) is 0 Å². The number of carbonyl (C=O) groups is 1. The zero-order valence-corrected chi connectivity index (χ0v) is 16.5. The summed E-state index contributed by atoms with van der Waals surface area (Å²) in [5, 5.41) is 22.8. The van der Waals surface area contributed by atoms with Crippen LogP contribution in [-0.4, -0.2) is 59.2 Å². The molecule has 7 nitrogen and oxygen atoms in total. The van der Waals surface area contributed by atoms with Gasteiger partial charge in [0.05, 0.1) is 18.1 Å². The highest BCUT2D eigenvalue weighted by Crippen LogP contribution is 2.69. The summed E-state index contributed by atoms with van der Waals surface area (Å²) in [4.78, 5) is 14.3. The number of piperidine rings is 1. The molecule has 156 valence electrons. The van der Waals surface area contributed by atoms with Gasteiger partial charge in [0.1, 0.15) is 11.5 Å². The van der Waals surface area contributed by atoms with Gasteiger partial charge in [-0.05, 0) is 56.2 Å². The maximum atomic E-state index is 12.2. The smallest absolute Gasteiger partial charge is 0.504 e. The van der Waals surface area contributed by atoms with E-state index in [0.717, 1.165) is 31.8 Å². The molecule has 2 saturated heterocycles. The van der Waals surface area contributed by atoms with Gasteiger partial charge < -0.3 is 24.4 Å². The Morgan fingerprint density at radius 1 is 1.41 bits per heavy atom. The van der Waals surface area contributed by atoms with Crippen LogP contribution in [0.3, 0.4) is 0 Å². The summed E-state index contributed by atoms with van der Waals surface area (Å²) in [6.07, 6.45) is 8.75. The monoisotopic (exact) mass is 401 g/mol. The molecule has 29 heavy (non-hydrogen) atoms. The van der Waals surface area contributed by atoms with Crippen LogP contribution in [-0.2, 0) is 14.2 Å². The first-order chi connectivity index (χ1) is 14.0. The van der Waals surface area contributed by atoms with Gasteiger partial charge in [-0.25, -0.2) is 4.79 Å². The first kappa shape index (κ1) is 17.8. The molecule has 4 aliphatic carbocycles. The molecule has 0 aromatic carbocycles. The lowest BCUT2D eigenvalue weighted by molar-refractivity contribution is -0.235. The van der Waals surface area contributed by atoms with Crippen LogP contribution in [0.1, 0.15) is 32.1 Å². The minimum Gasteiger partial charge on any atom is -0.504 e. The lowest BCUT2D eigenvalue weighted by atomic mass is 9.45. The second-order valence-electron chi connectivity index (χ2n) is 9.52. The molecule has 2 heterocycles. The van der Waals surface area contributed by atoms with E-state index < -0.39 is 23.3 Å². The molecule has 1 spiro atoms. The Labute approximate surface area is 169 Å². The summed E-state index contributed by atoms with van der Waals surface area (Å²) in [6.45, 7) is 1.93. The van der Waals surface area contributed by atoms with Gasteiger partial charge in [0, 0.05) is 24.9 Å². The zero-order chi connectivity index (χ0) is 20.0. The topological polar surface area (TPSA) is 88.5 Å². The molecule has 0 radical (unpaired) electrons. The van der Waals surface area contributed by atoms with Crippen LogP contribution in [0.25, 0.3) is 0 Å². The van der Waals surface area contributed by atoms with Gasteiger partial charge in [-0.2, -0.15) is 0 Å². The molecule has 2 N–H and O–H groups in total. The molecule has 2 bridgehead atoms. The van der Waals surface area contributed by atoms with E-state index in [1.807, 2.05) is 0 Å². The van der Waals surface area contributed by atoms with Crippen LogP contribution in [0, 0.1) is 23.2 Å². The molecule has 7 heteroatoms. The fourth-order valence-electron chi connectivity index (χ4n) is 6.90. The zero-order valence-electron chi connectivity index (χ0n) is 16.5. The van der Waals surface area contributed by atoms with E-state index in [0.29, 0.717) is 17.9 Å². The third-order valence-electron chi connectivity index (χ3n) is 8.27. The van der Waals surface area contributed by atoms with Gasteiger partial charge in [-0.3, -0.25) is 4.90 Å². The molecule has 6 rings (SSSR count). The molecular formula is C22H27NO6. The van der Waals surface area contributed by atoms with E-state index in [1.54, 1.807) is 12.2 Å². The summed E-state index contributed by atoms with van der Waals surface area (Å²) in [6, 6.07) is 0.0318. The summed E-state index contributed by atoms with van der Waals surface area (Å²) < 4.78 is 16.4. The Balaban J connectivity index is 1.47. The average molecular weight is 401 g/mol. The van der Waals surface area contributed by atoms with Gasteiger partial charge in [-0.1, -0.05) is 6.08 Å². The fourth-order valence-corrected chi connectivity index (χ4v) is 6.90. The van der Waals surface area contributed by atoms with Crippen molar-refractivity contribution >= 4 is 6.16 Å². The van der Waals surface area contributed by atoms with E-state index in [2.05, 4.69) is 11.0 Å². The molecule has 0 aromatic heterocycles. The van der Waals surface area contributed by atoms with Crippen LogP contribution < -0.4 is 0 Å². The number of allylic oxidation sites excluding steroid dienone is 3. The van der Waals surface area contributed by atoms with Crippen molar-refractivity contribution in [1.82, 2.24) is 4.90 Å². The number of likely N-dealkylation sites (tertiary alicyclic amines) is 1. The molecular weight excluding hydrogens is 374 g/mol. The highest BCUT2D eigenvalue weighted by molar-refractivity contribution is 5.62. The van der Waals surface area contributed by atoms with E-state index >= 15 is 0 Å². The first-order valence-electron chi connectivity index (χ1n) is 10.7. The second kappa shape index (κ2) is 5.79. The molecule has 6 atom stereocenters. The highest BCUT2D eigenvalue weighted by Gasteiger charge is 2.76. The summed E-state index contributed by atoms with van der Waals surface area (Å²) in [5.74, 6) is 1.89. The van der Waals surface area contributed by atoms with E-state index in [4.69, 9.17) is 14.2 Å². The molecule has 2 aliphatic heterocycles. The van der Waals surface area contributed by atoms with E-state index in [-0.39, 0.29) is 23.6 Å². The Hall–Kier alpha value is -1.99. The maximum absolute atomic E-state index is 12.2. The van der Waals surface area contributed by atoms with Crippen LogP contribution in [0.4, 0.5) is 4.79 Å². The molecule has 0 amide bonds. The number of carbonyl (C=O) groups excluding carboxylic acids is 1. The van der Waals surface area contributed by atoms with Gasteiger partial charge in [0.15, 0.2) is 11.9 Å². The third-order valence-corrected chi connectivity index (χ3v) is 8.27. The second-order valence-corrected chi connectivity index (χ2v) is 9.52. The number of ether oxygens (including phenoxy) is 3. The molecule has 4 fully saturated rings. The van der Waals surface area contributed by atoms with Gasteiger partial charge in [0.25, 0.3) is 0 Å². The number of methoxy groups -OCH3 is 1. The van der Waals surface area contributed by atoms with E-state index in [1.165, 1.54) is 20.0 Å². The first-order valence-corrected chi connectivity index (χ1v) is 10.7. The predicted octanol–water partition coefficient (Wildman–Crippen LogP) is 2.63. The minimum absolute atomic E-state index is 0.0318. The molecule has 2 unspecified atom stereocenters. The lowest BCUT2D eigenvalue weighted by Gasteiger charge is -2.65. The SMILES string of the molecule is COC(=O)OC1=CC[C@@]2(O)[C@H]3CC4C=CC(O)=C5O[C@@H]1[C@]2(CCN3CC1CC1)C54. The quantitative estimate of drug-likeness (QED) is 0.703. The Morgan fingerprint density at radius 2 is 2.24 bits per heavy atom. The van der Waals surface area contributed by atoms with Crippen LogP contribution in [0.5, 0.6) is 0 Å². The summed E-state index contributed by atoms with van der Waals surface area (Å²) >= 11 is 0. The largest absolute Gasteiger partial charge is 0.513 e. The lowest BCUT2D eigenvalue weighted by Crippen LogP contribution is -2.75. The van der Waals surface area contributed by atoms with Crippen molar-refractivity contribution in [2.45, 2.75) is 49.9 Å². The van der Waals surface area contributed by atoms with Crippen molar-refractivity contribution in [3.05, 3.63) is 35.5 Å². The number of aliphatic hydroxyl groups is 2. The van der Waals surface area contributed by atoms with Crippen molar-refractivity contribution in [2.24, 2.45) is 23.2 Å². The summed E-state index contributed by atoms with van der Waals surface area (Å²) in [5.41, 5.74) is -1.60. The van der Waals surface area contributed by atoms with Crippen molar-refractivity contribution in [3.63, 3.8) is 0 Å². The van der Waals surface area contributed by atoms with Gasteiger partial charge in [-0.15, -0.1) is 0 Å². The van der Waals surface area contributed by atoms with Crippen LogP contribution in [0.15, 0.2) is 35.5 Å². The number of hydrogen-bond donors (Lipinski definition) is 2. The number of rotatable bonds is 3. The average Bonchev–Trinajstić information content (AvgIpc) is 3.44. The predicted molar refractivity (Wildman–Crippen MR) is 102 cm³/mol. The molecule has 2 saturated carbocycles. The highest BCUT2D eigenvalue weighted by atomic mass is 16.7. The van der Waals surface area contributed by atoms with Gasteiger partial charge in [0.2, 0.25) is 0 Å². The number of nitrogens with zero attached hydrogens (tertiary/aromatic N) is 1. The van der Waals surface area contributed by atoms with Crippen molar-refractivity contribution in [1.29, 1.82) is 0 Å². The maximum Gasteiger partial charge on any atom is 0.513 e. The number of hydrogen-bond acceptors (Lipinski definition) is 7. The molecule has 0 aromatic rings. The Bertz CT molecular complexity index is 859. The fraction of sp³-hybridized carbons (Fsp3) is 0.682. The van der Waals surface area contributed by atoms with Crippen molar-refractivity contribution in [3.8, 4) is 0 Å². The van der Waals surface area contributed by atoms with E-state index in [9.17, 15) is 15.0 Å². The van der Waals surface area contributed by atoms with Crippen LogP contribution >= 0.6 is 0 Å². The molecule has 6 aliphatic rings. The number of aliphatic hydroxyl groups excluding tert-OH is 1. The van der Waals surface area contributed by atoms with Gasteiger partial charge >= 0.3 is 6.16 Å².